The van der Waals surface area contributed by atoms with Crippen LogP contribution in [0.4, 0.5) is 0 Å². The second-order valence-electron chi connectivity index (χ2n) is 8.74. The number of carbonyl (C=O) groups is 1. The van der Waals surface area contributed by atoms with Gasteiger partial charge in [0.2, 0.25) is 0 Å². The molecule has 186 valence electrons. The van der Waals surface area contributed by atoms with E-state index in [4.69, 9.17) is 18.9 Å². The highest BCUT2D eigenvalue weighted by Gasteiger charge is 2.46. The quantitative estimate of drug-likeness (QED) is 0.562. The molecule has 2 N–H and O–H groups in total. The zero-order chi connectivity index (χ0) is 21.2. The predicted octanol–water partition coefficient (Wildman–Crippen LogP) is 3.52. The number of aliphatic hydroxyl groups excluding tert-OH is 2. The van der Waals surface area contributed by atoms with Gasteiger partial charge in [0.15, 0.2) is 5.79 Å². The number of rotatable bonds is 8. The van der Waals surface area contributed by atoms with Crippen LogP contribution in [-0.4, -0.2) is 74.6 Å². The van der Waals surface area contributed by atoms with E-state index in [1.807, 2.05) is 13.8 Å². The molecule has 0 amide bonds. The van der Waals surface area contributed by atoms with E-state index in [-0.39, 0.29) is 49.7 Å². The molecule has 0 aromatic heterocycles. The van der Waals surface area contributed by atoms with Crippen LogP contribution >= 0.6 is 12.4 Å². The van der Waals surface area contributed by atoms with Crippen LogP contribution in [0.1, 0.15) is 72.6 Å². The molecular formula is C23H45ClO7. The summed E-state index contributed by atoms with van der Waals surface area (Å²) in [5.74, 6) is -0.0224. The molecule has 1 aliphatic heterocycles. The van der Waals surface area contributed by atoms with Crippen molar-refractivity contribution in [2.24, 2.45) is 10.8 Å². The van der Waals surface area contributed by atoms with E-state index in [0.717, 1.165) is 38.5 Å². The molecule has 3 aliphatic rings. The highest BCUT2D eigenvalue weighted by molar-refractivity contribution is 5.85. The Hall–Kier alpha value is -0.280. The summed E-state index contributed by atoms with van der Waals surface area (Å²) in [6.45, 7) is 8.30. The molecule has 0 atom stereocenters. The molecule has 0 unspecified atom stereocenters. The average molecular weight is 469 g/mol. The SMILES string of the molecule is C.CCOCC1(CO)CCC(=O)CC1.CCOCC1(CO)CCC2(CC1)OCCO2.Cl. The molecule has 3 rings (SSSR count). The molecule has 2 saturated carbocycles. The van der Waals surface area contributed by atoms with Gasteiger partial charge in [0.05, 0.1) is 39.6 Å². The Morgan fingerprint density at radius 1 is 0.806 bits per heavy atom. The lowest BCUT2D eigenvalue weighted by molar-refractivity contribution is -0.199. The van der Waals surface area contributed by atoms with Crippen LogP contribution in [0.25, 0.3) is 0 Å². The summed E-state index contributed by atoms with van der Waals surface area (Å²) in [5.41, 5.74) is -0.208. The molecule has 0 aromatic rings. The molecule has 8 heteroatoms. The van der Waals surface area contributed by atoms with Crippen LogP contribution in [0, 0.1) is 10.8 Å². The summed E-state index contributed by atoms with van der Waals surface area (Å²) in [6.07, 6.45) is 6.36. The number of aliphatic hydroxyl groups is 2. The van der Waals surface area contributed by atoms with Crippen molar-refractivity contribution in [3.63, 3.8) is 0 Å². The normalized spacial score (nSPS) is 23.3. The van der Waals surface area contributed by atoms with Crippen molar-refractivity contribution in [2.75, 3.05) is 52.9 Å². The van der Waals surface area contributed by atoms with Gasteiger partial charge in [0, 0.05) is 49.7 Å². The third-order valence-electron chi connectivity index (χ3n) is 6.65. The predicted molar refractivity (Wildman–Crippen MR) is 123 cm³/mol. The van der Waals surface area contributed by atoms with Gasteiger partial charge in [-0.2, -0.15) is 0 Å². The number of Topliss-reactive ketones (excluding diaryl/α,β-unsaturated/α-hetero) is 1. The lowest BCUT2D eigenvalue weighted by Crippen LogP contribution is -2.43. The number of hydrogen-bond donors (Lipinski definition) is 2. The molecule has 0 bridgehead atoms. The Kier molecular flexibility index (Phi) is 14.7. The fourth-order valence-electron chi connectivity index (χ4n) is 4.34. The van der Waals surface area contributed by atoms with E-state index in [9.17, 15) is 15.0 Å². The fourth-order valence-corrected chi connectivity index (χ4v) is 4.34. The van der Waals surface area contributed by atoms with Gasteiger partial charge in [-0.25, -0.2) is 0 Å². The molecule has 0 radical (unpaired) electrons. The van der Waals surface area contributed by atoms with Gasteiger partial charge in [-0.15, -0.1) is 12.4 Å². The maximum atomic E-state index is 11.0. The van der Waals surface area contributed by atoms with Crippen LogP contribution < -0.4 is 0 Å². The number of hydrogen-bond acceptors (Lipinski definition) is 7. The molecule has 0 aromatic carbocycles. The number of halogens is 1. The summed E-state index contributed by atoms with van der Waals surface area (Å²) >= 11 is 0. The minimum Gasteiger partial charge on any atom is -0.396 e. The van der Waals surface area contributed by atoms with Crippen LogP contribution in [0.3, 0.4) is 0 Å². The average Bonchev–Trinajstić information content (AvgIpc) is 3.23. The molecule has 2 aliphatic carbocycles. The molecule has 1 saturated heterocycles. The molecule has 31 heavy (non-hydrogen) atoms. The molecule has 1 heterocycles. The van der Waals surface area contributed by atoms with E-state index in [0.29, 0.717) is 58.3 Å². The lowest BCUT2D eigenvalue weighted by atomic mass is 9.73. The summed E-state index contributed by atoms with van der Waals surface area (Å²) < 4.78 is 22.2. The second kappa shape index (κ2) is 14.8. The topological polar surface area (TPSA) is 94.5 Å². The highest BCUT2D eigenvalue weighted by atomic mass is 35.5. The molecule has 1 spiro atoms. The third-order valence-corrected chi connectivity index (χ3v) is 6.65. The largest absolute Gasteiger partial charge is 0.396 e. The van der Waals surface area contributed by atoms with Gasteiger partial charge in [0.25, 0.3) is 0 Å². The van der Waals surface area contributed by atoms with Crippen LogP contribution in [0.5, 0.6) is 0 Å². The first kappa shape index (κ1) is 30.7. The minimum atomic E-state index is -0.342. The second-order valence-corrected chi connectivity index (χ2v) is 8.74. The van der Waals surface area contributed by atoms with Gasteiger partial charge >= 0.3 is 0 Å². The van der Waals surface area contributed by atoms with Crippen molar-refractivity contribution in [3.8, 4) is 0 Å². The Bertz CT molecular complexity index is 474. The Morgan fingerprint density at radius 3 is 1.61 bits per heavy atom. The van der Waals surface area contributed by atoms with Gasteiger partial charge in [-0.3, -0.25) is 4.79 Å². The van der Waals surface area contributed by atoms with Crippen LogP contribution in [0.2, 0.25) is 0 Å². The van der Waals surface area contributed by atoms with Gasteiger partial charge in [-0.05, 0) is 39.5 Å². The van der Waals surface area contributed by atoms with E-state index in [1.165, 1.54) is 0 Å². The van der Waals surface area contributed by atoms with Crippen molar-refractivity contribution < 1.29 is 34.0 Å². The maximum Gasteiger partial charge on any atom is 0.168 e. The van der Waals surface area contributed by atoms with Gasteiger partial charge < -0.3 is 29.2 Å². The minimum absolute atomic E-state index is 0. The first-order chi connectivity index (χ1) is 14.0. The van der Waals surface area contributed by atoms with Crippen LogP contribution in [-0.2, 0) is 23.7 Å². The van der Waals surface area contributed by atoms with Gasteiger partial charge in [0.1, 0.15) is 5.78 Å². The van der Waals surface area contributed by atoms with Crippen LogP contribution in [0.15, 0.2) is 0 Å². The molecule has 7 nitrogen and oxygen atoms in total. The zero-order valence-corrected chi connectivity index (χ0v) is 19.5. The summed E-state index contributed by atoms with van der Waals surface area (Å²) in [4.78, 5) is 11.0. The Balaban J connectivity index is 0.000000557. The number of carbonyl (C=O) groups excluding carboxylic acids is 1. The van der Waals surface area contributed by atoms with Crippen molar-refractivity contribution in [1.29, 1.82) is 0 Å². The third kappa shape index (κ3) is 8.88. The Labute approximate surface area is 194 Å². The summed E-state index contributed by atoms with van der Waals surface area (Å²) in [7, 11) is 0. The first-order valence-corrected chi connectivity index (χ1v) is 11.1. The summed E-state index contributed by atoms with van der Waals surface area (Å²) in [5, 5.41) is 18.8. The monoisotopic (exact) mass is 468 g/mol. The summed E-state index contributed by atoms with van der Waals surface area (Å²) in [6, 6.07) is 0. The van der Waals surface area contributed by atoms with Crippen molar-refractivity contribution in [2.45, 2.75) is 78.4 Å². The van der Waals surface area contributed by atoms with E-state index in [2.05, 4.69) is 0 Å². The first-order valence-electron chi connectivity index (χ1n) is 11.1. The lowest BCUT2D eigenvalue weighted by Gasteiger charge is -2.42. The molecule has 3 fully saturated rings. The fraction of sp³-hybridized carbons (Fsp3) is 0.957. The van der Waals surface area contributed by atoms with Crippen molar-refractivity contribution in [1.82, 2.24) is 0 Å². The van der Waals surface area contributed by atoms with E-state index in [1.54, 1.807) is 0 Å². The number of ether oxygens (including phenoxy) is 4. The molecular weight excluding hydrogens is 424 g/mol. The maximum absolute atomic E-state index is 11.0. The number of ketones is 1. The highest BCUT2D eigenvalue weighted by Crippen LogP contribution is 2.44. The Morgan fingerprint density at radius 2 is 1.23 bits per heavy atom. The van der Waals surface area contributed by atoms with E-state index < -0.39 is 0 Å². The van der Waals surface area contributed by atoms with Crippen molar-refractivity contribution in [3.05, 3.63) is 0 Å². The van der Waals surface area contributed by atoms with Gasteiger partial charge in [-0.1, -0.05) is 7.43 Å². The standard InChI is InChI=1S/C12H22O4.C10H18O3.CH4.ClH/c1-2-14-10-11(9-13)3-5-12(6-4-11)15-7-8-16-12;1-2-13-8-10(7-11)5-3-9(12)4-6-10;;/h13H,2-10H2,1H3;11H,2-8H2,1H3;1H4;1H. The van der Waals surface area contributed by atoms with E-state index >= 15 is 0 Å². The smallest absolute Gasteiger partial charge is 0.168 e. The zero-order valence-electron chi connectivity index (χ0n) is 18.7. The van der Waals surface area contributed by atoms with Crippen molar-refractivity contribution >= 4 is 18.2 Å².